The number of aryl methyl sites for hydroxylation is 1. The topological polar surface area (TPSA) is 75.7 Å². The number of hydrogen-bond acceptors (Lipinski definition) is 4. The normalized spacial score (nSPS) is 14.8. The van der Waals surface area contributed by atoms with E-state index in [0.29, 0.717) is 11.4 Å². The van der Waals surface area contributed by atoms with Crippen molar-refractivity contribution in [1.29, 1.82) is 0 Å². The van der Waals surface area contributed by atoms with E-state index in [1.54, 1.807) is 6.07 Å². The number of imide groups is 1. The Kier molecular flexibility index (Phi) is 6.08. The molecule has 3 rings (SSSR count). The van der Waals surface area contributed by atoms with Crippen LogP contribution in [0.2, 0.25) is 5.02 Å². The maximum atomic E-state index is 12.5. The first kappa shape index (κ1) is 18.9. The second kappa shape index (κ2) is 8.68. The lowest BCUT2D eigenvalue weighted by atomic mass is 10.1. The van der Waals surface area contributed by atoms with E-state index in [1.807, 2.05) is 48.5 Å². The molecular formula is C20H19ClN2O4. The van der Waals surface area contributed by atoms with E-state index in [0.717, 1.165) is 16.0 Å². The van der Waals surface area contributed by atoms with Gasteiger partial charge in [-0.1, -0.05) is 54.1 Å². The zero-order valence-electron chi connectivity index (χ0n) is 14.6. The van der Waals surface area contributed by atoms with Gasteiger partial charge in [0, 0.05) is 11.4 Å². The third-order valence-corrected chi connectivity index (χ3v) is 4.51. The van der Waals surface area contributed by atoms with Crippen LogP contribution in [-0.4, -0.2) is 36.0 Å². The quantitative estimate of drug-likeness (QED) is 0.793. The summed E-state index contributed by atoms with van der Waals surface area (Å²) in [6.45, 7) is -0.229. The van der Waals surface area contributed by atoms with Crippen LogP contribution >= 0.6 is 11.6 Å². The van der Waals surface area contributed by atoms with Gasteiger partial charge in [0.15, 0.2) is 6.61 Å². The van der Waals surface area contributed by atoms with E-state index in [4.69, 9.17) is 16.3 Å². The molecule has 0 spiro atoms. The highest BCUT2D eigenvalue weighted by Gasteiger charge is 2.33. The first-order chi connectivity index (χ1) is 13.0. The first-order valence-corrected chi connectivity index (χ1v) is 8.96. The first-order valence-electron chi connectivity index (χ1n) is 8.59. The molecule has 2 aromatic rings. The second-order valence-corrected chi connectivity index (χ2v) is 6.66. The summed E-state index contributed by atoms with van der Waals surface area (Å²) in [6.07, 6.45) is 0.120. The van der Waals surface area contributed by atoms with Crippen molar-refractivity contribution in [2.75, 3.05) is 13.2 Å². The molecule has 0 aliphatic carbocycles. The summed E-state index contributed by atoms with van der Waals surface area (Å²) in [5, 5.41) is 3.54. The van der Waals surface area contributed by atoms with Gasteiger partial charge in [0.2, 0.25) is 5.91 Å². The molecule has 2 aromatic carbocycles. The van der Waals surface area contributed by atoms with Crippen molar-refractivity contribution in [3.63, 3.8) is 0 Å². The predicted molar refractivity (Wildman–Crippen MR) is 100 cm³/mol. The highest BCUT2D eigenvalue weighted by atomic mass is 35.5. The summed E-state index contributed by atoms with van der Waals surface area (Å²) < 4.78 is 4.75. The Hall–Kier alpha value is -2.86. The summed E-state index contributed by atoms with van der Waals surface area (Å²) in [5.74, 6) is -0.585. The maximum Gasteiger partial charge on any atom is 0.417 e. The van der Waals surface area contributed by atoms with Crippen molar-refractivity contribution in [2.24, 2.45) is 0 Å². The molecule has 3 amide bonds. The number of amides is 3. The van der Waals surface area contributed by atoms with E-state index in [1.165, 1.54) is 0 Å². The number of ether oxygens (including phenoxy) is 1. The number of carbonyl (C=O) groups excluding carboxylic acids is 3. The molecule has 0 radical (unpaired) electrons. The molecule has 1 atom stereocenters. The highest BCUT2D eigenvalue weighted by molar-refractivity contribution is 6.30. The third-order valence-electron chi connectivity index (χ3n) is 4.27. The summed E-state index contributed by atoms with van der Waals surface area (Å²) >= 11 is 5.97. The Bertz CT molecular complexity index is 825. The van der Waals surface area contributed by atoms with Crippen LogP contribution < -0.4 is 5.32 Å². The predicted octanol–water partition coefficient (Wildman–Crippen LogP) is 3.11. The zero-order valence-corrected chi connectivity index (χ0v) is 15.3. The smallest absolute Gasteiger partial charge is 0.417 e. The molecule has 1 aliphatic heterocycles. The Morgan fingerprint density at radius 2 is 1.93 bits per heavy atom. The van der Waals surface area contributed by atoms with Crippen LogP contribution in [0.5, 0.6) is 0 Å². The average molecular weight is 387 g/mol. The van der Waals surface area contributed by atoms with Crippen molar-refractivity contribution in [2.45, 2.75) is 18.9 Å². The van der Waals surface area contributed by atoms with Crippen molar-refractivity contribution >= 4 is 29.5 Å². The molecule has 1 aliphatic rings. The molecule has 27 heavy (non-hydrogen) atoms. The molecule has 0 bridgehead atoms. The standard InChI is InChI=1S/C20H19ClN2O4/c21-16-8-4-5-14(11-16)9-10-18(24)22-17(15-6-2-1-3-7-15)12-23-19(25)13-27-20(23)26/h1-8,11,17H,9-10,12-13H2,(H,22,24). The Morgan fingerprint density at radius 3 is 2.59 bits per heavy atom. The highest BCUT2D eigenvalue weighted by Crippen LogP contribution is 2.18. The number of hydrogen-bond donors (Lipinski definition) is 1. The van der Waals surface area contributed by atoms with Crippen molar-refractivity contribution in [3.05, 3.63) is 70.7 Å². The van der Waals surface area contributed by atoms with Gasteiger partial charge in [-0.05, 0) is 29.7 Å². The van der Waals surface area contributed by atoms with Gasteiger partial charge in [-0.25, -0.2) is 9.69 Å². The van der Waals surface area contributed by atoms with Gasteiger partial charge in [0.1, 0.15) is 0 Å². The molecule has 1 heterocycles. The lowest BCUT2D eigenvalue weighted by molar-refractivity contribution is -0.127. The van der Waals surface area contributed by atoms with E-state index >= 15 is 0 Å². The van der Waals surface area contributed by atoms with Gasteiger partial charge < -0.3 is 10.1 Å². The molecule has 1 unspecified atom stereocenters. The van der Waals surface area contributed by atoms with E-state index in [2.05, 4.69) is 5.32 Å². The minimum absolute atomic E-state index is 0.0323. The summed E-state index contributed by atoms with van der Waals surface area (Å²) in [6, 6.07) is 16.1. The minimum atomic E-state index is -0.686. The van der Waals surface area contributed by atoms with Crippen LogP contribution in [0.15, 0.2) is 54.6 Å². The second-order valence-electron chi connectivity index (χ2n) is 6.22. The number of benzene rings is 2. The van der Waals surface area contributed by atoms with Gasteiger partial charge in [0.25, 0.3) is 5.91 Å². The van der Waals surface area contributed by atoms with Gasteiger partial charge >= 0.3 is 6.09 Å². The van der Waals surface area contributed by atoms with Gasteiger partial charge in [-0.2, -0.15) is 0 Å². The number of nitrogens with zero attached hydrogens (tertiary/aromatic N) is 1. The van der Waals surface area contributed by atoms with Crippen molar-refractivity contribution in [3.8, 4) is 0 Å². The SMILES string of the molecule is O=C(CCc1cccc(Cl)c1)NC(CN1C(=O)COC1=O)c1ccccc1. The van der Waals surface area contributed by atoms with Crippen molar-refractivity contribution < 1.29 is 19.1 Å². The number of nitrogens with one attached hydrogen (secondary N) is 1. The van der Waals surface area contributed by atoms with E-state index < -0.39 is 18.0 Å². The Morgan fingerprint density at radius 1 is 1.15 bits per heavy atom. The fourth-order valence-corrected chi connectivity index (χ4v) is 3.09. The van der Waals surface area contributed by atoms with Gasteiger partial charge in [-0.3, -0.25) is 9.59 Å². The fraction of sp³-hybridized carbons (Fsp3) is 0.250. The van der Waals surface area contributed by atoms with Crippen LogP contribution in [-0.2, 0) is 20.7 Å². The van der Waals surface area contributed by atoms with E-state index in [-0.39, 0.29) is 25.5 Å². The minimum Gasteiger partial charge on any atom is -0.439 e. The third kappa shape index (κ3) is 5.08. The summed E-state index contributed by atoms with van der Waals surface area (Å²) in [4.78, 5) is 37.1. The van der Waals surface area contributed by atoms with Gasteiger partial charge in [0.05, 0.1) is 12.6 Å². The number of rotatable bonds is 7. The van der Waals surface area contributed by atoms with Crippen LogP contribution in [0.3, 0.4) is 0 Å². The lowest BCUT2D eigenvalue weighted by Crippen LogP contribution is -2.40. The number of carbonyl (C=O) groups is 3. The molecule has 1 saturated heterocycles. The zero-order chi connectivity index (χ0) is 19.2. The molecular weight excluding hydrogens is 368 g/mol. The molecule has 0 aromatic heterocycles. The monoisotopic (exact) mass is 386 g/mol. The Balaban J connectivity index is 1.66. The van der Waals surface area contributed by atoms with Crippen LogP contribution in [0, 0.1) is 0 Å². The lowest BCUT2D eigenvalue weighted by Gasteiger charge is -2.23. The fourth-order valence-electron chi connectivity index (χ4n) is 2.88. The molecule has 1 N–H and O–H groups in total. The molecule has 7 heteroatoms. The summed E-state index contributed by atoms with van der Waals surface area (Å²) in [7, 11) is 0. The van der Waals surface area contributed by atoms with Crippen LogP contribution in [0.4, 0.5) is 4.79 Å². The molecule has 1 fully saturated rings. The number of halogens is 1. The number of cyclic esters (lactones) is 1. The van der Waals surface area contributed by atoms with Gasteiger partial charge in [-0.15, -0.1) is 0 Å². The summed E-state index contributed by atoms with van der Waals surface area (Å²) in [5.41, 5.74) is 1.77. The molecule has 0 saturated carbocycles. The Labute approximate surface area is 162 Å². The van der Waals surface area contributed by atoms with Crippen LogP contribution in [0.25, 0.3) is 0 Å². The molecule has 140 valence electrons. The maximum absolute atomic E-state index is 12.5. The largest absolute Gasteiger partial charge is 0.439 e. The molecule has 6 nitrogen and oxygen atoms in total. The average Bonchev–Trinajstić information content (AvgIpc) is 2.98. The van der Waals surface area contributed by atoms with E-state index in [9.17, 15) is 14.4 Å². The van der Waals surface area contributed by atoms with Crippen LogP contribution in [0.1, 0.15) is 23.6 Å². The van der Waals surface area contributed by atoms with Crippen molar-refractivity contribution in [1.82, 2.24) is 10.2 Å².